The molecule has 16 heavy (non-hydrogen) atoms. The zero-order valence-electron chi connectivity index (χ0n) is 10.5. The summed E-state index contributed by atoms with van der Waals surface area (Å²) in [6.07, 6.45) is 3.51. The Labute approximate surface area is 97.5 Å². The van der Waals surface area contributed by atoms with Crippen molar-refractivity contribution < 1.29 is 5.11 Å². The van der Waals surface area contributed by atoms with Gasteiger partial charge in [0.2, 0.25) is 0 Å². The smallest absolute Gasteiger partial charge is 0.109 e. The van der Waals surface area contributed by atoms with E-state index in [1.54, 1.807) is 0 Å². The van der Waals surface area contributed by atoms with Crippen LogP contribution >= 0.6 is 0 Å². The van der Waals surface area contributed by atoms with Crippen LogP contribution in [0.25, 0.3) is 0 Å². The van der Waals surface area contributed by atoms with Gasteiger partial charge in [0, 0.05) is 18.9 Å². The predicted molar refractivity (Wildman–Crippen MR) is 64.3 cm³/mol. The van der Waals surface area contributed by atoms with Crippen LogP contribution in [0.3, 0.4) is 0 Å². The van der Waals surface area contributed by atoms with Crippen LogP contribution in [0.2, 0.25) is 0 Å². The Balaban J connectivity index is 2.41. The van der Waals surface area contributed by atoms with Gasteiger partial charge in [0.05, 0.1) is 18.0 Å². The number of aliphatic hydroxyl groups excluding tert-OH is 1. The van der Waals surface area contributed by atoms with Gasteiger partial charge in [0.1, 0.15) is 5.82 Å². The molecular formula is C13H22N2O. The first kappa shape index (κ1) is 11.6. The van der Waals surface area contributed by atoms with Crippen LogP contribution in [0, 0.1) is 5.92 Å². The Kier molecular flexibility index (Phi) is 3.33. The maximum absolute atomic E-state index is 9.53. The lowest BCUT2D eigenvalue weighted by Crippen LogP contribution is -2.13. The minimum Gasteiger partial charge on any atom is -0.390 e. The molecule has 0 unspecified atom stereocenters. The summed E-state index contributed by atoms with van der Waals surface area (Å²) in [4.78, 5) is 4.75. The van der Waals surface area contributed by atoms with Crippen LogP contribution in [0.1, 0.15) is 56.7 Å². The summed E-state index contributed by atoms with van der Waals surface area (Å²) in [5, 5.41) is 9.53. The molecule has 0 radical (unpaired) electrons. The minimum absolute atomic E-state index is 0.124. The Morgan fingerprint density at radius 1 is 1.31 bits per heavy atom. The molecule has 3 heteroatoms. The highest BCUT2D eigenvalue weighted by Crippen LogP contribution is 2.29. The molecule has 2 heterocycles. The van der Waals surface area contributed by atoms with E-state index in [0.29, 0.717) is 11.8 Å². The second kappa shape index (κ2) is 4.58. The minimum atomic E-state index is 0.124. The van der Waals surface area contributed by atoms with Gasteiger partial charge in [-0.2, -0.15) is 0 Å². The van der Waals surface area contributed by atoms with Gasteiger partial charge in [-0.05, 0) is 18.8 Å². The molecule has 3 nitrogen and oxygen atoms in total. The molecule has 0 amide bonds. The second-order valence-corrected chi connectivity index (χ2v) is 5.16. The molecule has 0 fully saturated rings. The molecule has 0 saturated carbocycles. The van der Waals surface area contributed by atoms with Crippen molar-refractivity contribution in [3.63, 3.8) is 0 Å². The average Bonchev–Trinajstić information content (AvgIpc) is 2.65. The summed E-state index contributed by atoms with van der Waals surface area (Å²) in [5.41, 5.74) is 2.17. The van der Waals surface area contributed by atoms with E-state index >= 15 is 0 Å². The van der Waals surface area contributed by atoms with E-state index in [2.05, 4.69) is 25.3 Å². The number of rotatable bonds is 3. The quantitative estimate of drug-likeness (QED) is 0.853. The van der Waals surface area contributed by atoms with Gasteiger partial charge in [0.15, 0.2) is 0 Å². The first-order valence-corrected chi connectivity index (χ1v) is 6.34. The molecule has 0 aliphatic carbocycles. The van der Waals surface area contributed by atoms with Crippen LogP contribution in [0.4, 0.5) is 0 Å². The highest BCUT2D eigenvalue weighted by Gasteiger charge is 2.23. The third-order valence-electron chi connectivity index (χ3n) is 3.80. The number of aryl methyl sites for hydroxylation is 1. The summed E-state index contributed by atoms with van der Waals surface area (Å²) < 4.78 is 2.23. The first-order valence-electron chi connectivity index (χ1n) is 6.34. The molecule has 1 N–H and O–H groups in total. The predicted octanol–water partition coefficient (Wildman–Crippen LogP) is 2.47. The fourth-order valence-corrected chi connectivity index (χ4v) is 2.41. The Morgan fingerprint density at radius 2 is 2.06 bits per heavy atom. The first-order chi connectivity index (χ1) is 7.65. The normalized spacial score (nSPS) is 17.6. The van der Waals surface area contributed by atoms with Gasteiger partial charge in [-0.3, -0.25) is 0 Å². The molecule has 90 valence electrons. The SMILES string of the molecule is CC(C)[C@@H](C)c1nc2n(c1CO)CCCC2. The third-order valence-corrected chi connectivity index (χ3v) is 3.80. The molecule has 1 aliphatic heterocycles. The number of imidazole rings is 1. The molecule has 1 aromatic heterocycles. The van der Waals surface area contributed by atoms with Crippen molar-refractivity contribution in [2.24, 2.45) is 5.92 Å². The van der Waals surface area contributed by atoms with Gasteiger partial charge in [0.25, 0.3) is 0 Å². The van der Waals surface area contributed by atoms with Gasteiger partial charge in [-0.25, -0.2) is 4.98 Å². The lowest BCUT2D eigenvalue weighted by Gasteiger charge is -2.17. The Hall–Kier alpha value is -0.830. The van der Waals surface area contributed by atoms with E-state index in [-0.39, 0.29) is 6.61 Å². The standard InChI is InChI=1S/C13H22N2O/c1-9(2)10(3)13-11(8-16)15-7-5-4-6-12(15)14-13/h9-10,16H,4-8H2,1-3H3/t10-/m1/s1. The monoisotopic (exact) mass is 222 g/mol. The van der Waals surface area contributed by atoms with Gasteiger partial charge >= 0.3 is 0 Å². The van der Waals surface area contributed by atoms with Crippen molar-refractivity contribution in [1.29, 1.82) is 0 Å². The fraction of sp³-hybridized carbons (Fsp3) is 0.769. The van der Waals surface area contributed by atoms with E-state index < -0.39 is 0 Å². The molecule has 1 aromatic rings. The molecule has 0 aromatic carbocycles. The van der Waals surface area contributed by atoms with E-state index in [4.69, 9.17) is 4.98 Å². The van der Waals surface area contributed by atoms with Crippen LogP contribution in [-0.4, -0.2) is 14.7 Å². The number of aromatic nitrogens is 2. The van der Waals surface area contributed by atoms with E-state index in [0.717, 1.165) is 24.4 Å². The largest absolute Gasteiger partial charge is 0.390 e. The van der Waals surface area contributed by atoms with Crippen molar-refractivity contribution in [2.45, 2.75) is 59.1 Å². The zero-order valence-corrected chi connectivity index (χ0v) is 10.5. The maximum Gasteiger partial charge on any atom is 0.109 e. The van der Waals surface area contributed by atoms with Crippen molar-refractivity contribution in [3.8, 4) is 0 Å². The van der Waals surface area contributed by atoms with E-state index in [1.165, 1.54) is 18.7 Å². The number of hydrogen-bond donors (Lipinski definition) is 1. The molecule has 2 rings (SSSR count). The topological polar surface area (TPSA) is 38.0 Å². The highest BCUT2D eigenvalue weighted by molar-refractivity contribution is 5.22. The van der Waals surface area contributed by atoms with Gasteiger partial charge in [-0.1, -0.05) is 20.8 Å². The van der Waals surface area contributed by atoms with Crippen molar-refractivity contribution in [2.75, 3.05) is 0 Å². The third kappa shape index (κ3) is 1.88. The fourth-order valence-electron chi connectivity index (χ4n) is 2.41. The van der Waals surface area contributed by atoms with Crippen molar-refractivity contribution in [3.05, 3.63) is 17.2 Å². The number of aliphatic hydroxyl groups is 1. The molecule has 1 atom stereocenters. The Bertz CT molecular complexity index is 368. The van der Waals surface area contributed by atoms with Gasteiger partial charge < -0.3 is 9.67 Å². The highest BCUT2D eigenvalue weighted by atomic mass is 16.3. The van der Waals surface area contributed by atoms with Gasteiger partial charge in [-0.15, -0.1) is 0 Å². The van der Waals surface area contributed by atoms with Crippen molar-refractivity contribution in [1.82, 2.24) is 9.55 Å². The number of fused-ring (bicyclic) bond motifs is 1. The molecule has 1 aliphatic rings. The van der Waals surface area contributed by atoms with Crippen LogP contribution < -0.4 is 0 Å². The van der Waals surface area contributed by atoms with Crippen LogP contribution in [0.15, 0.2) is 0 Å². The summed E-state index contributed by atoms with van der Waals surface area (Å²) >= 11 is 0. The number of hydrogen-bond acceptors (Lipinski definition) is 2. The summed E-state index contributed by atoms with van der Waals surface area (Å²) in [6, 6.07) is 0. The molecule has 0 spiro atoms. The lowest BCUT2D eigenvalue weighted by atomic mass is 9.93. The zero-order chi connectivity index (χ0) is 11.7. The molecule has 0 saturated heterocycles. The second-order valence-electron chi connectivity index (χ2n) is 5.16. The van der Waals surface area contributed by atoms with Crippen LogP contribution in [0.5, 0.6) is 0 Å². The number of nitrogens with zero attached hydrogens (tertiary/aromatic N) is 2. The average molecular weight is 222 g/mol. The molecule has 0 bridgehead atoms. The summed E-state index contributed by atoms with van der Waals surface area (Å²) in [7, 11) is 0. The van der Waals surface area contributed by atoms with E-state index in [1.807, 2.05) is 0 Å². The Morgan fingerprint density at radius 3 is 2.69 bits per heavy atom. The van der Waals surface area contributed by atoms with Crippen molar-refractivity contribution >= 4 is 0 Å². The summed E-state index contributed by atoms with van der Waals surface area (Å²) in [6.45, 7) is 7.79. The molecular weight excluding hydrogens is 200 g/mol. The van der Waals surface area contributed by atoms with Crippen LogP contribution in [-0.2, 0) is 19.6 Å². The lowest BCUT2D eigenvalue weighted by molar-refractivity contribution is 0.265. The maximum atomic E-state index is 9.53. The summed E-state index contributed by atoms with van der Waals surface area (Å²) in [5.74, 6) is 2.18. The van der Waals surface area contributed by atoms with E-state index in [9.17, 15) is 5.11 Å².